The van der Waals surface area contributed by atoms with E-state index in [4.69, 9.17) is 4.74 Å². The lowest BCUT2D eigenvalue weighted by Gasteiger charge is -2.42. The third-order valence-electron chi connectivity index (χ3n) is 5.54. The van der Waals surface area contributed by atoms with Crippen LogP contribution >= 0.6 is 0 Å². The lowest BCUT2D eigenvalue weighted by molar-refractivity contribution is -0.0611. The van der Waals surface area contributed by atoms with Gasteiger partial charge in [-0.2, -0.15) is 0 Å². The van der Waals surface area contributed by atoms with Gasteiger partial charge in [-0.25, -0.2) is 0 Å². The number of nitrogens with zero attached hydrogens (tertiary/aromatic N) is 5. The maximum Gasteiger partial charge on any atom is 0.259 e. The number of rotatable bonds is 4. The number of fused-ring (bicyclic) bond motifs is 1. The molecule has 2 aromatic heterocycles. The fraction of sp³-hybridized carbons (Fsp3) is 0.300. The molecule has 0 N–H and O–H groups in total. The van der Waals surface area contributed by atoms with Crippen molar-refractivity contribution in [2.45, 2.75) is 18.4 Å². The van der Waals surface area contributed by atoms with Crippen LogP contribution in [0, 0.1) is 0 Å². The zero-order valence-corrected chi connectivity index (χ0v) is 15.0. The predicted molar refractivity (Wildman–Crippen MR) is 98.4 cm³/mol. The van der Waals surface area contributed by atoms with E-state index < -0.39 is 0 Å². The molecule has 2 aliphatic rings. The average molecular weight is 361 g/mol. The number of benzene rings is 1. The Bertz CT molecular complexity index is 1020. The van der Waals surface area contributed by atoms with Crippen LogP contribution in [0.25, 0.3) is 0 Å². The summed E-state index contributed by atoms with van der Waals surface area (Å²) in [7, 11) is 1.95. The first-order chi connectivity index (χ1) is 13.2. The third kappa shape index (κ3) is 2.54. The van der Waals surface area contributed by atoms with Crippen molar-refractivity contribution in [1.82, 2.24) is 19.7 Å². The molecule has 7 nitrogen and oxygen atoms in total. The Morgan fingerprint density at radius 2 is 2.15 bits per heavy atom. The molecule has 0 bridgehead atoms. The quantitative estimate of drug-likeness (QED) is 0.709. The normalized spacial score (nSPS) is 17.7. The van der Waals surface area contributed by atoms with Gasteiger partial charge in [0, 0.05) is 48.1 Å². The second-order valence-corrected chi connectivity index (χ2v) is 7.28. The van der Waals surface area contributed by atoms with Crippen molar-refractivity contribution in [2.75, 3.05) is 18.1 Å². The summed E-state index contributed by atoms with van der Waals surface area (Å²) in [5, 5.41) is 8.22. The van der Waals surface area contributed by atoms with Gasteiger partial charge in [0.1, 0.15) is 12.2 Å². The minimum absolute atomic E-state index is 0.0248. The molecule has 0 spiro atoms. The lowest BCUT2D eigenvalue weighted by atomic mass is 9.75. The van der Waals surface area contributed by atoms with Gasteiger partial charge in [-0.1, -0.05) is 12.1 Å². The zero-order valence-electron chi connectivity index (χ0n) is 15.0. The SMILES string of the molecule is Cn1cnnc1CC1(c2cccc(N3Cc4cnccc4C3=O)c2)COC1. The van der Waals surface area contributed by atoms with E-state index in [1.54, 1.807) is 24.8 Å². The molecule has 1 saturated heterocycles. The number of amides is 1. The Morgan fingerprint density at radius 1 is 1.26 bits per heavy atom. The summed E-state index contributed by atoms with van der Waals surface area (Å²) in [4.78, 5) is 18.7. The highest BCUT2D eigenvalue weighted by Crippen LogP contribution is 2.38. The topological polar surface area (TPSA) is 73.1 Å². The van der Waals surface area contributed by atoms with Crippen molar-refractivity contribution in [3.05, 3.63) is 71.6 Å². The number of pyridine rings is 1. The van der Waals surface area contributed by atoms with E-state index in [0.29, 0.717) is 19.8 Å². The zero-order chi connectivity index (χ0) is 18.4. The number of aryl methyl sites for hydroxylation is 1. The van der Waals surface area contributed by atoms with Crippen LogP contribution in [0.15, 0.2) is 49.1 Å². The number of aromatic nitrogens is 4. The van der Waals surface area contributed by atoms with Gasteiger partial charge in [0.15, 0.2) is 0 Å². The Hall–Kier alpha value is -3.06. The third-order valence-corrected chi connectivity index (χ3v) is 5.54. The second-order valence-electron chi connectivity index (χ2n) is 7.28. The van der Waals surface area contributed by atoms with E-state index in [2.05, 4.69) is 27.3 Å². The largest absolute Gasteiger partial charge is 0.379 e. The summed E-state index contributed by atoms with van der Waals surface area (Å²) in [6.45, 7) is 1.83. The summed E-state index contributed by atoms with van der Waals surface area (Å²) in [5.74, 6) is 0.955. The summed E-state index contributed by atoms with van der Waals surface area (Å²) < 4.78 is 7.51. The van der Waals surface area contributed by atoms with Gasteiger partial charge >= 0.3 is 0 Å². The first kappa shape index (κ1) is 16.1. The Kier molecular flexibility index (Phi) is 3.58. The molecule has 0 unspecified atom stereocenters. The van der Waals surface area contributed by atoms with Gasteiger partial charge in [-0.05, 0) is 23.8 Å². The molecular formula is C20H19N5O2. The fourth-order valence-electron chi connectivity index (χ4n) is 3.85. The fourth-order valence-corrected chi connectivity index (χ4v) is 3.85. The maximum atomic E-state index is 12.8. The number of carbonyl (C=O) groups excluding carboxylic acids is 1. The molecule has 27 heavy (non-hydrogen) atoms. The Balaban J connectivity index is 1.47. The molecule has 5 rings (SSSR count). The highest BCUT2D eigenvalue weighted by molar-refractivity contribution is 6.09. The van der Waals surface area contributed by atoms with Crippen molar-refractivity contribution in [3.8, 4) is 0 Å². The van der Waals surface area contributed by atoms with Crippen LogP contribution in [-0.4, -0.2) is 38.9 Å². The molecule has 0 saturated carbocycles. The van der Waals surface area contributed by atoms with Crippen LogP contribution in [0.1, 0.15) is 27.3 Å². The maximum absolute atomic E-state index is 12.8. The van der Waals surface area contributed by atoms with Crippen LogP contribution in [0.5, 0.6) is 0 Å². The minimum Gasteiger partial charge on any atom is -0.379 e. The van der Waals surface area contributed by atoms with Crippen molar-refractivity contribution in [1.29, 1.82) is 0 Å². The lowest BCUT2D eigenvalue weighted by Crippen LogP contribution is -2.49. The molecule has 1 amide bonds. The minimum atomic E-state index is -0.131. The Morgan fingerprint density at radius 3 is 2.85 bits per heavy atom. The van der Waals surface area contributed by atoms with Gasteiger partial charge in [-0.3, -0.25) is 9.78 Å². The number of hydrogen-bond donors (Lipinski definition) is 0. The van der Waals surface area contributed by atoms with E-state index in [0.717, 1.165) is 34.6 Å². The molecule has 136 valence electrons. The van der Waals surface area contributed by atoms with E-state index in [1.165, 1.54) is 0 Å². The van der Waals surface area contributed by atoms with Gasteiger partial charge < -0.3 is 14.2 Å². The van der Waals surface area contributed by atoms with E-state index >= 15 is 0 Å². The van der Waals surface area contributed by atoms with E-state index in [9.17, 15) is 4.79 Å². The average Bonchev–Trinajstić information content (AvgIpc) is 3.22. The number of ether oxygens (including phenoxy) is 1. The standard InChI is InChI=1S/C20H19N5O2/c1-24-13-22-23-18(24)8-20(11-27-12-20)15-3-2-4-16(7-15)25-10-14-9-21-6-5-17(14)19(25)26/h2-7,9,13H,8,10-12H2,1H3. The smallest absolute Gasteiger partial charge is 0.259 e. The highest BCUT2D eigenvalue weighted by Gasteiger charge is 2.42. The highest BCUT2D eigenvalue weighted by atomic mass is 16.5. The van der Waals surface area contributed by atoms with Crippen LogP contribution in [0.4, 0.5) is 5.69 Å². The molecule has 0 atom stereocenters. The van der Waals surface area contributed by atoms with Crippen molar-refractivity contribution < 1.29 is 9.53 Å². The summed E-state index contributed by atoms with van der Waals surface area (Å²) in [6.07, 6.45) is 5.91. The van der Waals surface area contributed by atoms with E-state index in [1.807, 2.05) is 28.6 Å². The van der Waals surface area contributed by atoms with Crippen molar-refractivity contribution in [3.63, 3.8) is 0 Å². The number of anilines is 1. The van der Waals surface area contributed by atoms with Gasteiger partial charge in [0.05, 0.1) is 19.8 Å². The van der Waals surface area contributed by atoms with E-state index in [-0.39, 0.29) is 11.3 Å². The second kappa shape index (κ2) is 5.99. The van der Waals surface area contributed by atoms with Crippen molar-refractivity contribution >= 4 is 11.6 Å². The van der Waals surface area contributed by atoms with Crippen LogP contribution < -0.4 is 4.90 Å². The first-order valence-corrected chi connectivity index (χ1v) is 8.92. The number of hydrogen-bond acceptors (Lipinski definition) is 5. The van der Waals surface area contributed by atoms with Gasteiger partial charge in [-0.15, -0.1) is 10.2 Å². The molecular weight excluding hydrogens is 342 g/mol. The molecule has 7 heteroatoms. The summed E-state index contributed by atoms with van der Waals surface area (Å²) >= 11 is 0. The number of carbonyl (C=O) groups is 1. The molecule has 4 heterocycles. The molecule has 1 aromatic carbocycles. The monoisotopic (exact) mass is 361 g/mol. The first-order valence-electron chi connectivity index (χ1n) is 8.92. The molecule has 2 aliphatic heterocycles. The molecule has 0 aliphatic carbocycles. The van der Waals surface area contributed by atoms with Gasteiger partial charge in [0.25, 0.3) is 5.91 Å². The summed E-state index contributed by atoms with van der Waals surface area (Å²) in [5.41, 5.74) is 3.63. The molecule has 0 radical (unpaired) electrons. The Labute approximate surface area is 156 Å². The predicted octanol–water partition coefficient (Wildman–Crippen LogP) is 1.88. The molecule has 3 aromatic rings. The summed E-state index contributed by atoms with van der Waals surface area (Å²) in [6, 6.07) is 10.00. The van der Waals surface area contributed by atoms with Crippen LogP contribution in [0.2, 0.25) is 0 Å². The van der Waals surface area contributed by atoms with Gasteiger partial charge in [0.2, 0.25) is 0 Å². The van der Waals surface area contributed by atoms with Crippen LogP contribution in [0.3, 0.4) is 0 Å². The van der Waals surface area contributed by atoms with Crippen LogP contribution in [-0.2, 0) is 30.2 Å². The van der Waals surface area contributed by atoms with Crippen molar-refractivity contribution in [2.24, 2.45) is 7.05 Å². The molecule has 1 fully saturated rings.